The third-order valence-electron chi connectivity index (χ3n) is 12.0. The van der Waals surface area contributed by atoms with Crippen LogP contribution in [0.4, 0.5) is 0 Å². The fraction of sp³-hybridized carbons (Fsp3) is 0.0196. The van der Waals surface area contributed by atoms with Crippen LogP contribution in [0.25, 0.3) is 81.7 Å². The van der Waals surface area contributed by atoms with E-state index in [4.69, 9.17) is 0 Å². The van der Waals surface area contributed by atoms with E-state index in [0.29, 0.717) is 0 Å². The number of benzene rings is 10. The number of para-hydroxylation sites is 1. The van der Waals surface area contributed by atoms with Gasteiger partial charge in [0.1, 0.15) is 0 Å². The van der Waals surface area contributed by atoms with Crippen molar-refractivity contribution in [3.63, 3.8) is 0 Å². The molecule has 1 heterocycles. The second kappa shape index (κ2) is 10.2. The Morgan fingerprint density at radius 1 is 0.327 bits per heavy atom. The van der Waals surface area contributed by atoms with E-state index in [0.717, 1.165) is 0 Å². The predicted molar refractivity (Wildman–Crippen MR) is 219 cm³/mol. The van der Waals surface area contributed by atoms with Crippen LogP contribution in [0, 0.1) is 0 Å². The molecule has 0 aliphatic heterocycles. The first kappa shape index (κ1) is 28.0. The van der Waals surface area contributed by atoms with E-state index in [1.165, 1.54) is 104 Å². The lowest BCUT2D eigenvalue weighted by Crippen LogP contribution is -2.33. The molecule has 0 spiro atoms. The van der Waals surface area contributed by atoms with Gasteiger partial charge < -0.3 is 4.57 Å². The first-order chi connectivity index (χ1) is 25.8. The molecule has 0 unspecified atom stereocenters. The zero-order chi connectivity index (χ0) is 34.0. The fourth-order valence-electron chi connectivity index (χ4n) is 9.99. The van der Waals surface area contributed by atoms with Gasteiger partial charge in [0.05, 0.1) is 22.1 Å². The summed E-state index contributed by atoms with van der Waals surface area (Å²) in [6.07, 6.45) is 0. The van der Waals surface area contributed by atoms with Gasteiger partial charge in [0.2, 0.25) is 0 Å². The van der Waals surface area contributed by atoms with Crippen molar-refractivity contribution >= 4 is 64.9 Å². The summed E-state index contributed by atoms with van der Waals surface area (Å²) >= 11 is 0. The van der Waals surface area contributed by atoms with Crippen molar-refractivity contribution in [3.8, 4) is 16.8 Å². The third-order valence-corrected chi connectivity index (χ3v) is 12.0. The summed E-state index contributed by atoms with van der Waals surface area (Å²) in [5.74, 6) is 0. The average Bonchev–Trinajstić information content (AvgIpc) is 3.55. The molecule has 0 fully saturated rings. The molecule has 0 saturated heterocycles. The Morgan fingerprint density at radius 2 is 1.00 bits per heavy atom. The van der Waals surface area contributed by atoms with Crippen LogP contribution in [0.5, 0.6) is 0 Å². The second-order valence-corrected chi connectivity index (χ2v) is 14.4. The second-order valence-electron chi connectivity index (χ2n) is 14.4. The maximum Gasteiger partial charge on any atom is 0.0713 e. The van der Waals surface area contributed by atoms with Gasteiger partial charge >= 0.3 is 0 Å². The Balaban J connectivity index is 1.30. The molecule has 1 aliphatic carbocycles. The lowest BCUT2D eigenvalue weighted by molar-refractivity contribution is 0.750. The van der Waals surface area contributed by atoms with Crippen LogP contribution in [0.2, 0.25) is 0 Å². The molecule has 11 aromatic rings. The maximum atomic E-state index is 2.50. The van der Waals surface area contributed by atoms with Crippen molar-refractivity contribution in [1.29, 1.82) is 0 Å². The molecule has 12 rings (SSSR count). The summed E-state index contributed by atoms with van der Waals surface area (Å²) in [6, 6.07) is 70.3. The maximum absolute atomic E-state index is 2.50. The van der Waals surface area contributed by atoms with E-state index in [9.17, 15) is 0 Å². The summed E-state index contributed by atoms with van der Waals surface area (Å²) in [4.78, 5) is 0. The Bertz CT molecular complexity index is 3180. The highest BCUT2D eigenvalue weighted by atomic mass is 15.0. The molecule has 240 valence electrons. The Morgan fingerprint density at radius 3 is 1.83 bits per heavy atom. The topological polar surface area (TPSA) is 4.93 Å². The average molecular weight is 658 g/mol. The molecular formula is C51H31N. The molecule has 1 nitrogen and oxygen atoms in total. The van der Waals surface area contributed by atoms with Gasteiger partial charge in [-0.05, 0) is 95.3 Å². The highest BCUT2D eigenvalue weighted by Gasteiger charge is 2.44. The van der Waals surface area contributed by atoms with Gasteiger partial charge in [0.25, 0.3) is 0 Å². The first-order valence-corrected chi connectivity index (χ1v) is 18.2. The summed E-state index contributed by atoms with van der Waals surface area (Å²) in [7, 11) is 0. The minimum atomic E-state index is -0.478. The molecule has 1 heteroatoms. The molecule has 0 atom stereocenters. The molecule has 0 bridgehead atoms. The number of hydrogen-bond donors (Lipinski definition) is 0. The summed E-state index contributed by atoms with van der Waals surface area (Å²) in [5, 5.41) is 13.0. The molecule has 0 N–H and O–H groups in total. The normalized spacial score (nSPS) is 13.5. The zero-order valence-electron chi connectivity index (χ0n) is 28.3. The van der Waals surface area contributed by atoms with Crippen LogP contribution in [0.15, 0.2) is 188 Å². The van der Waals surface area contributed by atoms with Gasteiger partial charge in [-0.1, -0.05) is 164 Å². The minimum Gasteiger partial charge on any atom is -0.309 e. The molecule has 10 aromatic carbocycles. The van der Waals surface area contributed by atoms with Crippen LogP contribution >= 0.6 is 0 Å². The molecule has 52 heavy (non-hydrogen) atoms. The van der Waals surface area contributed by atoms with Crippen molar-refractivity contribution in [2.24, 2.45) is 0 Å². The van der Waals surface area contributed by atoms with Gasteiger partial charge in [-0.15, -0.1) is 0 Å². The van der Waals surface area contributed by atoms with Gasteiger partial charge in [-0.2, -0.15) is 0 Å². The molecule has 0 radical (unpaired) electrons. The van der Waals surface area contributed by atoms with Crippen molar-refractivity contribution in [2.75, 3.05) is 0 Å². The largest absolute Gasteiger partial charge is 0.309 e. The Labute approximate surface area is 301 Å². The highest BCUT2D eigenvalue weighted by Crippen LogP contribution is 2.58. The van der Waals surface area contributed by atoms with E-state index >= 15 is 0 Å². The third kappa shape index (κ3) is 3.43. The van der Waals surface area contributed by atoms with Crippen LogP contribution in [-0.2, 0) is 5.41 Å². The molecule has 1 aromatic heterocycles. The molecule has 0 amide bonds. The predicted octanol–water partition coefficient (Wildman–Crippen LogP) is 13.2. The van der Waals surface area contributed by atoms with Gasteiger partial charge in [-0.3, -0.25) is 0 Å². The standard InChI is InChI=1S/C51H31N/c1-3-16-35(17-4-1)51(36-18-5-2-6-19-36)42-23-11-9-21-38(42)41-30-34-31-46-49(40-28-26-33-27-29-43(51)50(41)48(33)47(34)40)39-22-10-12-24-45(39)52(46)44-25-13-15-32-14-7-8-20-37(32)44/h1-31H. The SMILES string of the molecule is c1ccc(C2(c3ccccc3)c3ccccc3-c3cc4cc5c(c6ccc7ccc2c3c7c46)c2ccccc2n5-c2cccc3ccccc23)cc1. The quantitative estimate of drug-likeness (QED) is 0.167. The van der Waals surface area contributed by atoms with Crippen LogP contribution < -0.4 is 0 Å². The van der Waals surface area contributed by atoms with Crippen LogP contribution in [0.3, 0.4) is 0 Å². The highest BCUT2D eigenvalue weighted by molar-refractivity contribution is 6.35. The van der Waals surface area contributed by atoms with E-state index < -0.39 is 5.41 Å². The zero-order valence-corrected chi connectivity index (χ0v) is 28.3. The number of aromatic nitrogens is 1. The number of fused-ring (bicyclic) bond motifs is 7. The van der Waals surface area contributed by atoms with Crippen LogP contribution in [0.1, 0.15) is 22.3 Å². The number of rotatable bonds is 3. The summed E-state index contributed by atoms with van der Waals surface area (Å²) in [6.45, 7) is 0. The Hall–Kier alpha value is -6.70. The van der Waals surface area contributed by atoms with Crippen molar-refractivity contribution in [3.05, 3.63) is 210 Å². The minimum absolute atomic E-state index is 0.478. The summed E-state index contributed by atoms with van der Waals surface area (Å²) < 4.78 is 2.50. The molecule has 0 saturated carbocycles. The molecule has 1 aliphatic rings. The molecular weight excluding hydrogens is 627 g/mol. The van der Waals surface area contributed by atoms with E-state index in [1.807, 2.05) is 0 Å². The lowest BCUT2D eigenvalue weighted by atomic mass is 9.59. The Kier molecular flexibility index (Phi) is 5.49. The van der Waals surface area contributed by atoms with Gasteiger partial charge in [0, 0.05) is 16.2 Å². The van der Waals surface area contributed by atoms with Gasteiger partial charge in [0.15, 0.2) is 0 Å². The van der Waals surface area contributed by atoms with Crippen molar-refractivity contribution < 1.29 is 0 Å². The van der Waals surface area contributed by atoms with E-state index in [1.54, 1.807) is 0 Å². The van der Waals surface area contributed by atoms with Crippen molar-refractivity contribution in [1.82, 2.24) is 4.57 Å². The van der Waals surface area contributed by atoms with Gasteiger partial charge in [-0.25, -0.2) is 0 Å². The van der Waals surface area contributed by atoms with Crippen LogP contribution in [-0.4, -0.2) is 4.57 Å². The van der Waals surface area contributed by atoms with Crippen molar-refractivity contribution in [2.45, 2.75) is 5.41 Å². The van der Waals surface area contributed by atoms with E-state index in [2.05, 4.69) is 193 Å². The number of hydrogen-bond acceptors (Lipinski definition) is 0. The first-order valence-electron chi connectivity index (χ1n) is 18.2. The smallest absolute Gasteiger partial charge is 0.0713 e. The monoisotopic (exact) mass is 657 g/mol. The van der Waals surface area contributed by atoms with E-state index in [-0.39, 0.29) is 0 Å². The number of nitrogens with zero attached hydrogens (tertiary/aromatic N) is 1. The lowest BCUT2D eigenvalue weighted by Gasteiger charge is -2.42. The fourth-order valence-corrected chi connectivity index (χ4v) is 9.99. The summed E-state index contributed by atoms with van der Waals surface area (Å²) in [5.41, 5.74) is 11.1.